The molecule has 3 nitrogen and oxygen atoms in total. The van der Waals surface area contributed by atoms with Crippen LogP contribution in [0.3, 0.4) is 0 Å². The number of hydrogen-bond acceptors (Lipinski definition) is 3. The average molecular weight is 196 g/mol. The molecular formula is C11H20N2O. The highest BCUT2D eigenvalue weighted by molar-refractivity contribution is 5.18. The van der Waals surface area contributed by atoms with E-state index in [1.807, 2.05) is 0 Å². The van der Waals surface area contributed by atoms with E-state index in [1.54, 1.807) is 0 Å². The predicted molar refractivity (Wildman–Crippen MR) is 55.3 cm³/mol. The molecule has 3 fully saturated rings. The minimum Gasteiger partial charge on any atom is -0.373 e. The molecule has 3 heteroatoms. The fourth-order valence-electron chi connectivity index (χ4n) is 2.98. The van der Waals surface area contributed by atoms with Crippen LogP contribution >= 0.6 is 0 Å². The highest BCUT2D eigenvalue weighted by Gasteiger charge is 2.60. The van der Waals surface area contributed by atoms with E-state index in [0.29, 0.717) is 24.2 Å². The summed E-state index contributed by atoms with van der Waals surface area (Å²) in [4.78, 5) is 2.62. The zero-order valence-corrected chi connectivity index (χ0v) is 9.29. The van der Waals surface area contributed by atoms with E-state index in [9.17, 15) is 0 Å². The van der Waals surface area contributed by atoms with E-state index in [0.717, 1.165) is 6.61 Å². The van der Waals surface area contributed by atoms with Gasteiger partial charge in [-0.3, -0.25) is 4.90 Å². The number of ether oxygens (including phenoxy) is 1. The lowest BCUT2D eigenvalue weighted by Gasteiger charge is -2.37. The van der Waals surface area contributed by atoms with Crippen LogP contribution in [0, 0.1) is 0 Å². The fraction of sp³-hybridized carbons (Fsp3) is 1.00. The molecule has 2 saturated heterocycles. The largest absolute Gasteiger partial charge is 0.373 e. The Bertz CT molecular complexity index is 248. The highest BCUT2D eigenvalue weighted by atomic mass is 16.5. The van der Waals surface area contributed by atoms with Crippen molar-refractivity contribution in [3.05, 3.63) is 0 Å². The summed E-state index contributed by atoms with van der Waals surface area (Å²) >= 11 is 0. The van der Waals surface area contributed by atoms with Crippen molar-refractivity contribution in [2.75, 3.05) is 13.2 Å². The SMILES string of the molecule is CC(C)(C)N1CCC2COC3C(N2)C31. The molecule has 0 aromatic heterocycles. The standard InChI is InChI=1S/C11H20N2O/c1-11(2,3)13-5-4-7-6-14-10-8(12-7)9(10)13/h7-10,12H,4-6H2,1-3H3. The van der Waals surface area contributed by atoms with Crippen LogP contribution in [0.25, 0.3) is 0 Å². The molecule has 2 aliphatic heterocycles. The Morgan fingerprint density at radius 3 is 2.86 bits per heavy atom. The highest BCUT2D eigenvalue weighted by Crippen LogP contribution is 2.41. The van der Waals surface area contributed by atoms with Crippen molar-refractivity contribution in [2.24, 2.45) is 0 Å². The lowest BCUT2D eigenvalue weighted by atomic mass is 10.0. The smallest absolute Gasteiger partial charge is 0.0916 e. The minimum absolute atomic E-state index is 0.287. The molecule has 4 atom stereocenters. The van der Waals surface area contributed by atoms with Gasteiger partial charge >= 0.3 is 0 Å². The Kier molecular flexibility index (Phi) is 1.77. The first-order valence-electron chi connectivity index (χ1n) is 5.72. The second-order valence-electron chi connectivity index (χ2n) is 5.83. The van der Waals surface area contributed by atoms with Crippen LogP contribution in [0.4, 0.5) is 0 Å². The van der Waals surface area contributed by atoms with Crippen molar-refractivity contribution in [3.63, 3.8) is 0 Å². The molecular weight excluding hydrogens is 176 g/mol. The van der Waals surface area contributed by atoms with Gasteiger partial charge in [-0.05, 0) is 27.2 Å². The molecule has 0 radical (unpaired) electrons. The van der Waals surface area contributed by atoms with Gasteiger partial charge in [-0.2, -0.15) is 0 Å². The van der Waals surface area contributed by atoms with Crippen LogP contribution in [-0.2, 0) is 4.74 Å². The molecule has 1 N–H and O–H groups in total. The summed E-state index contributed by atoms with van der Waals surface area (Å²) < 4.78 is 5.84. The van der Waals surface area contributed by atoms with Gasteiger partial charge in [0.25, 0.3) is 0 Å². The van der Waals surface area contributed by atoms with Crippen LogP contribution in [0.1, 0.15) is 27.2 Å². The first kappa shape index (κ1) is 9.13. The number of fused-ring (bicyclic) bond motifs is 2. The van der Waals surface area contributed by atoms with Gasteiger partial charge in [0.2, 0.25) is 0 Å². The average Bonchev–Trinajstić information content (AvgIpc) is 2.73. The lowest BCUT2D eigenvalue weighted by molar-refractivity contribution is 0.0170. The van der Waals surface area contributed by atoms with E-state index >= 15 is 0 Å². The van der Waals surface area contributed by atoms with Crippen molar-refractivity contribution in [2.45, 2.75) is 57.0 Å². The predicted octanol–water partition coefficient (Wildman–Crippen LogP) is 0.598. The number of nitrogens with zero attached hydrogens (tertiary/aromatic N) is 1. The molecule has 0 aromatic carbocycles. The summed E-state index contributed by atoms with van der Waals surface area (Å²) in [5.41, 5.74) is 0.287. The molecule has 0 spiro atoms. The molecule has 1 saturated carbocycles. The Labute approximate surface area is 85.8 Å². The first-order valence-corrected chi connectivity index (χ1v) is 5.72. The molecule has 0 amide bonds. The molecule has 14 heavy (non-hydrogen) atoms. The third kappa shape index (κ3) is 1.23. The molecule has 2 bridgehead atoms. The van der Waals surface area contributed by atoms with Crippen LogP contribution < -0.4 is 5.32 Å². The molecule has 3 aliphatic rings. The van der Waals surface area contributed by atoms with Crippen LogP contribution in [-0.4, -0.2) is 47.8 Å². The normalized spacial score (nSPS) is 47.4. The molecule has 1 aliphatic carbocycles. The maximum atomic E-state index is 5.84. The van der Waals surface area contributed by atoms with E-state index in [1.165, 1.54) is 13.0 Å². The number of rotatable bonds is 0. The molecule has 80 valence electrons. The van der Waals surface area contributed by atoms with Crippen LogP contribution in [0.2, 0.25) is 0 Å². The first-order chi connectivity index (χ1) is 6.57. The van der Waals surface area contributed by atoms with Gasteiger partial charge in [-0.25, -0.2) is 0 Å². The summed E-state index contributed by atoms with van der Waals surface area (Å²) in [6.45, 7) is 9.07. The maximum absolute atomic E-state index is 5.84. The second kappa shape index (κ2) is 2.71. The van der Waals surface area contributed by atoms with Crippen molar-refractivity contribution < 1.29 is 4.74 Å². The van der Waals surface area contributed by atoms with Crippen LogP contribution in [0.15, 0.2) is 0 Å². The van der Waals surface area contributed by atoms with E-state index in [2.05, 4.69) is 31.0 Å². The molecule has 3 rings (SSSR count). The third-order valence-electron chi connectivity index (χ3n) is 3.78. The van der Waals surface area contributed by atoms with Gasteiger partial charge in [0.15, 0.2) is 0 Å². The summed E-state index contributed by atoms with van der Waals surface area (Å²) in [7, 11) is 0. The Hall–Kier alpha value is -0.120. The number of nitrogens with one attached hydrogen (secondary N) is 1. The maximum Gasteiger partial charge on any atom is 0.0916 e. The molecule has 0 aromatic rings. The Morgan fingerprint density at radius 2 is 2.14 bits per heavy atom. The van der Waals surface area contributed by atoms with Crippen molar-refractivity contribution in [1.29, 1.82) is 0 Å². The zero-order valence-electron chi connectivity index (χ0n) is 9.29. The van der Waals surface area contributed by atoms with Crippen molar-refractivity contribution in [3.8, 4) is 0 Å². The Morgan fingerprint density at radius 1 is 1.36 bits per heavy atom. The third-order valence-corrected chi connectivity index (χ3v) is 3.78. The monoisotopic (exact) mass is 196 g/mol. The number of hydrogen-bond donors (Lipinski definition) is 1. The topological polar surface area (TPSA) is 24.5 Å². The van der Waals surface area contributed by atoms with Crippen LogP contribution in [0.5, 0.6) is 0 Å². The van der Waals surface area contributed by atoms with E-state index < -0.39 is 0 Å². The zero-order chi connectivity index (χ0) is 9.92. The van der Waals surface area contributed by atoms with Crippen molar-refractivity contribution >= 4 is 0 Å². The summed E-state index contributed by atoms with van der Waals surface area (Å²) in [5, 5.41) is 3.69. The van der Waals surface area contributed by atoms with Gasteiger partial charge in [0.05, 0.1) is 24.8 Å². The summed E-state index contributed by atoms with van der Waals surface area (Å²) in [6, 6.07) is 1.87. The quantitative estimate of drug-likeness (QED) is 0.614. The van der Waals surface area contributed by atoms with Gasteiger partial charge in [0, 0.05) is 18.1 Å². The van der Waals surface area contributed by atoms with Gasteiger partial charge in [0.1, 0.15) is 0 Å². The fourth-order valence-corrected chi connectivity index (χ4v) is 2.98. The summed E-state index contributed by atoms with van der Waals surface area (Å²) in [6.07, 6.45) is 1.71. The van der Waals surface area contributed by atoms with Gasteiger partial charge in [-0.1, -0.05) is 0 Å². The summed E-state index contributed by atoms with van der Waals surface area (Å²) in [5.74, 6) is 0. The number of morpholine rings is 1. The van der Waals surface area contributed by atoms with E-state index in [4.69, 9.17) is 4.74 Å². The molecule has 2 heterocycles. The second-order valence-corrected chi connectivity index (χ2v) is 5.83. The Balaban J connectivity index is 1.83. The van der Waals surface area contributed by atoms with Gasteiger partial charge in [-0.15, -0.1) is 0 Å². The lowest BCUT2D eigenvalue weighted by Crippen LogP contribution is -2.46. The van der Waals surface area contributed by atoms with E-state index in [-0.39, 0.29) is 5.54 Å². The molecule has 4 unspecified atom stereocenters. The van der Waals surface area contributed by atoms with Gasteiger partial charge < -0.3 is 10.1 Å². The van der Waals surface area contributed by atoms with Crippen molar-refractivity contribution in [1.82, 2.24) is 10.2 Å². The minimum atomic E-state index is 0.287.